The molecule has 1 N–H and O–H groups in total. The first-order valence-corrected chi connectivity index (χ1v) is 7.76. The molecule has 114 valence electrons. The van der Waals surface area contributed by atoms with Crippen LogP contribution in [-0.2, 0) is 14.3 Å². The maximum Gasteiger partial charge on any atom is 0.303 e. The van der Waals surface area contributed by atoms with Crippen molar-refractivity contribution < 1.29 is 19.4 Å². The predicted octanol–water partition coefficient (Wildman–Crippen LogP) is 2.05. The molecule has 0 saturated carbocycles. The number of likely N-dealkylation sites (tertiary alicyclic amines) is 1. The van der Waals surface area contributed by atoms with E-state index in [1.165, 1.54) is 0 Å². The highest BCUT2D eigenvalue weighted by Crippen LogP contribution is 2.23. The van der Waals surface area contributed by atoms with Gasteiger partial charge in [-0.2, -0.15) is 0 Å². The molecule has 0 spiro atoms. The van der Waals surface area contributed by atoms with Gasteiger partial charge in [0.15, 0.2) is 0 Å². The second-order valence-electron chi connectivity index (χ2n) is 5.95. The zero-order chi connectivity index (χ0) is 14.4. The summed E-state index contributed by atoms with van der Waals surface area (Å²) in [5.74, 6) is -0.182. The maximum absolute atomic E-state index is 12.2. The highest BCUT2D eigenvalue weighted by atomic mass is 16.5. The van der Waals surface area contributed by atoms with Crippen molar-refractivity contribution in [1.29, 1.82) is 0 Å². The number of amides is 1. The van der Waals surface area contributed by atoms with E-state index in [1.54, 1.807) is 0 Å². The number of piperidine rings is 1. The molecule has 0 radical (unpaired) electrons. The highest BCUT2D eigenvalue weighted by Gasteiger charge is 2.25. The summed E-state index contributed by atoms with van der Waals surface area (Å²) >= 11 is 0. The molecule has 2 unspecified atom stereocenters. The van der Waals surface area contributed by atoms with Crippen LogP contribution in [0.1, 0.15) is 51.4 Å². The molecule has 2 rings (SSSR count). The molecule has 5 heteroatoms. The van der Waals surface area contributed by atoms with Crippen molar-refractivity contribution in [3.63, 3.8) is 0 Å². The van der Waals surface area contributed by atoms with Gasteiger partial charge in [0, 0.05) is 32.5 Å². The van der Waals surface area contributed by atoms with Gasteiger partial charge in [-0.15, -0.1) is 0 Å². The number of carbonyl (C=O) groups excluding carboxylic acids is 1. The Labute approximate surface area is 120 Å². The summed E-state index contributed by atoms with van der Waals surface area (Å²) in [6, 6.07) is 0. The molecule has 2 fully saturated rings. The summed E-state index contributed by atoms with van der Waals surface area (Å²) in [5, 5.41) is 8.73. The molecular weight excluding hydrogens is 258 g/mol. The van der Waals surface area contributed by atoms with Crippen molar-refractivity contribution in [2.24, 2.45) is 5.92 Å². The van der Waals surface area contributed by atoms with Crippen molar-refractivity contribution in [1.82, 2.24) is 4.90 Å². The van der Waals surface area contributed by atoms with Crippen LogP contribution in [0.5, 0.6) is 0 Å². The summed E-state index contributed by atoms with van der Waals surface area (Å²) in [4.78, 5) is 24.7. The van der Waals surface area contributed by atoms with Crippen LogP contribution in [0, 0.1) is 5.92 Å². The van der Waals surface area contributed by atoms with Crippen LogP contribution in [0.3, 0.4) is 0 Å². The zero-order valence-electron chi connectivity index (χ0n) is 12.1. The molecule has 2 heterocycles. The first-order valence-electron chi connectivity index (χ1n) is 7.76. The van der Waals surface area contributed by atoms with E-state index in [0.29, 0.717) is 18.8 Å². The number of nitrogens with zero attached hydrogens (tertiary/aromatic N) is 1. The molecule has 2 saturated heterocycles. The Balaban J connectivity index is 1.70. The number of rotatable bonds is 6. The minimum Gasteiger partial charge on any atom is -0.481 e. The van der Waals surface area contributed by atoms with E-state index in [9.17, 15) is 9.59 Å². The summed E-state index contributed by atoms with van der Waals surface area (Å²) in [7, 11) is 0. The second-order valence-corrected chi connectivity index (χ2v) is 5.95. The number of carboxylic acids is 1. The summed E-state index contributed by atoms with van der Waals surface area (Å²) in [6.45, 7) is 2.39. The van der Waals surface area contributed by atoms with Crippen LogP contribution in [0.25, 0.3) is 0 Å². The van der Waals surface area contributed by atoms with Gasteiger partial charge < -0.3 is 14.7 Å². The highest BCUT2D eigenvalue weighted by molar-refractivity contribution is 5.76. The molecule has 0 aromatic carbocycles. The molecule has 0 aromatic rings. The van der Waals surface area contributed by atoms with Crippen molar-refractivity contribution >= 4 is 11.9 Å². The SMILES string of the molecule is O=C(O)CCC1CCCN(C(=O)CCC2CCCO2)C1. The van der Waals surface area contributed by atoms with Gasteiger partial charge in [0.1, 0.15) is 0 Å². The van der Waals surface area contributed by atoms with E-state index < -0.39 is 5.97 Å². The second kappa shape index (κ2) is 7.62. The van der Waals surface area contributed by atoms with E-state index in [4.69, 9.17) is 9.84 Å². The molecule has 0 aliphatic carbocycles. The smallest absolute Gasteiger partial charge is 0.303 e. The molecule has 2 atom stereocenters. The normalized spacial score (nSPS) is 26.7. The standard InChI is InChI=1S/C15H25NO4/c17-14(7-6-13-4-2-10-20-13)16-9-1-3-12(11-16)5-8-15(18)19/h12-13H,1-11H2,(H,18,19). The lowest BCUT2D eigenvalue weighted by molar-refractivity contribution is -0.137. The van der Waals surface area contributed by atoms with Crippen LogP contribution >= 0.6 is 0 Å². The molecular formula is C15H25NO4. The lowest BCUT2D eigenvalue weighted by atomic mass is 9.93. The average molecular weight is 283 g/mol. The van der Waals surface area contributed by atoms with E-state index in [-0.39, 0.29) is 18.4 Å². The molecule has 2 aliphatic heterocycles. The summed E-state index contributed by atoms with van der Waals surface area (Å²) < 4.78 is 5.54. The fraction of sp³-hybridized carbons (Fsp3) is 0.867. The first-order chi connectivity index (χ1) is 9.65. The topological polar surface area (TPSA) is 66.8 Å². The quantitative estimate of drug-likeness (QED) is 0.810. The van der Waals surface area contributed by atoms with Crippen LogP contribution in [0.2, 0.25) is 0 Å². The van der Waals surface area contributed by atoms with Gasteiger partial charge in [-0.3, -0.25) is 9.59 Å². The number of carboxylic acid groups (broad SMARTS) is 1. The zero-order valence-corrected chi connectivity index (χ0v) is 12.1. The van der Waals surface area contributed by atoms with Gasteiger partial charge >= 0.3 is 5.97 Å². The van der Waals surface area contributed by atoms with Crippen molar-refractivity contribution in [2.75, 3.05) is 19.7 Å². The number of ether oxygens (including phenoxy) is 1. The molecule has 2 aliphatic rings. The third kappa shape index (κ3) is 4.78. The van der Waals surface area contributed by atoms with Gasteiger partial charge in [0.25, 0.3) is 0 Å². The third-order valence-electron chi connectivity index (χ3n) is 4.34. The van der Waals surface area contributed by atoms with E-state index in [1.807, 2.05) is 4.90 Å². The van der Waals surface area contributed by atoms with Crippen LogP contribution in [0.4, 0.5) is 0 Å². The fourth-order valence-corrected chi connectivity index (χ4v) is 3.17. The van der Waals surface area contributed by atoms with E-state index in [0.717, 1.165) is 51.8 Å². The van der Waals surface area contributed by atoms with Gasteiger partial charge in [-0.05, 0) is 44.4 Å². The van der Waals surface area contributed by atoms with Crippen molar-refractivity contribution in [3.05, 3.63) is 0 Å². The van der Waals surface area contributed by atoms with Gasteiger partial charge in [0.2, 0.25) is 5.91 Å². The average Bonchev–Trinajstić information content (AvgIpc) is 2.96. The molecule has 20 heavy (non-hydrogen) atoms. The molecule has 0 aromatic heterocycles. The third-order valence-corrected chi connectivity index (χ3v) is 4.34. The Morgan fingerprint density at radius 2 is 2.00 bits per heavy atom. The molecule has 0 bridgehead atoms. The Bertz CT molecular complexity index is 339. The summed E-state index contributed by atoms with van der Waals surface area (Å²) in [6.07, 6.45) is 6.79. The van der Waals surface area contributed by atoms with Crippen LogP contribution < -0.4 is 0 Å². The fourth-order valence-electron chi connectivity index (χ4n) is 3.17. The Morgan fingerprint density at radius 3 is 2.70 bits per heavy atom. The molecule has 5 nitrogen and oxygen atoms in total. The van der Waals surface area contributed by atoms with E-state index in [2.05, 4.69) is 0 Å². The van der Waals surface area contributed by atoms with E-state index >= 15 is 0 Å². The van der Waals surface area contributed by atoms with Gasteiger partial charge in [-0.25, -0.2) is 0 Å². The van der Waals surface area contributed by atoms with Gasteiger partial charge in [0.05, 0.1) is 6.10 Å². The minimum absolute atomic E-state index is 0.209. The summed E-state index contributed by atoms with van der Waals surface area (Å²) in [5.41, 5.74) is 0. The Morgan fingerprint density at radius 1 is 1.15 bits per heavy atom. The molecule has 1 amide bonds. The number of hydrogen-bond donors (Lipinski definition) is 1. The van der Waals surface area contributed by atoms with Crippen LogP contribution in [-0.4, -0.2) is 47.7 Å². The number of hydrogen-bond acceptors (Lipinski definition) is 3. The largest absolute Gasteiger partial charge is 0.481 e. The minimum atomic E-state index is -0.744. The Kier molecular flexibility index (Phi) is 5.83. The monoisotopic (exact) mass is 283 g/mol. The van der Waals surface area contributed by atoms with Crippen LogP contribution in [0.15, 0.2) is 0 Å². The Hall–Kier alpha value is -1.10. The van der Waals surface area contributed by atoms with Gasteiger partial charge in [-0.1, -0.05) is 0 Å². The predicted molar refractivity (Wildman–Crippen MR) is 74.4 cm³/mol. The van der Waals surface area contributed by atoms with Crippen molar-refractivity contribution in [2.45, 2.75) is 57.5 Å². The number of aliphatic carboxylic acids is 1. The van der Waals surface area contributed by atoms with Crippen molar-refractivity contribution in [3.8, 4) is 0 Å². The number of carbonyl (C=O) groups is 2. The first kappa shape index (κ1) is 15.3. The maximum atomic E-state index is 12.2. The lowest BCUT2D eigenvalue weighted by Gasteiger charge is -2.33. The lowest BCUT2D eigenvalue weighted by Crippen LogP contribution is -2.40.